The summed E-state index contributed by atoms with van der Waals surface area (Å²) in [6.45, 7) is 8.11. The van der Waals surface area contributed by atoms with Crippen molar-refractivity contribution in [3.63, 3.8) is 0 Å². The van der Waals surface area contributed by atoms with E-state index in [0.717, 1.165) is 0 Å². The van der Waals surface area contributed by atoms with Crippen molar-refractivity contribution in [1.29, 1.82) is 0 Å². The Morgan fingerprint density at radius 2 is 1.65 bits per heavy atom. The average Bonchev–Trinajstić information content (AvgIpc) is 2.44. The maximum atomic E-state index is 11.9. The maximum absolute atomic E-state index is 11.9. The molecule has 0 unspecified atom stereocenters. The van der Waals surface area contributed by atoms with Gasteiger partial charge in [0.15, 0.2) is 0 Å². The van der Waals surface area contributed by atoms with E-state index in [0.29, 0.717) is 17.2 Å². The van der Waals surface area contributed by atoms with E-state index in [4.69, 9.17) is 21.1 Å². The van der Waals surface area contributed by atoms with E-state index in [1.165, 1.54) is 0 Å². The molecule has 1 rings (SSSR count). The van der Waals surface area contributed by atoms with Gasteiger partial charge in [-0.2, -0.15) is 0 Å². The van der Waals surface area contributed by atoms with Crippen molar-refractivity contribution in [1.82, 2.24) is 0 Å². The number of benzene rings is 1. The highest BCUT2D eigenvalue weighted by Gasteiger charge is 2.21. The zero-order valence-electron chi connectivity index (χ0n) is 14.2. The number of esters is 2. The summed E-state index contributed by atoms with van der Waals surface area (Å²) in [4.78, 5) is 23.6. The molecule has 0 spiro atoms. The van der Waals surface area contributed by atoms with Crippen LogP contribution in [0.3, 0.4) is 0 Å². The summed E-state index contributed by atoms with van der Waals surface area (Å²) in [6, 6.07) is 6.65. The predicted octanol–water partition coefficient (Wildman–Crippen LogP) is 4.64. The first-order chi connectivity index (χ1) is 10.8. The lowest BCUT2D eigenvalue weighted by molar-refractivity contribution is -0.154. The minimum Gasteiger partial charge on any atom is -0.462 e. The smallest absolute Gasteiger partial charge is 0.311 e. The lowest BCUT2D eigenvalue weighted by atomic mass is 9.96. The van der Waals surface area contributed by atoms with Crippen molar-refractivity contribution in [2.75, 3.05) is 0 Å². The third-order valence-corrected chi connectivity index (χ3v) is 3.61. The van der Waals surface area contributed by atoms with Crippen LogP contribution >= 0.6 is 11.6 Å². The molecule has 1 aromatic carbocycles. The van der Waals surface area contributed by atoms with E-state index in [1.807, 2.05) is 27.7 Å². The summed E-state index contributed by atoms with van der Waals surface area (Å²) < 4.78 is 10.6. The van der Waals surface area contributed by atoms with Gasteiger partial charge in [-0.25, -0.2) is 0 Å². The van der Waals surface area contributed by atoms with Gasteiger partial charge in [0.05, 0.1) is 0 Å². The van der Waals surface area contributed by atoms with E-state index >= 15 is 0 Å². The number of carbonyl (C=O) groups excluding carboxylic acids is 2. The molecule has 23 heavy (non-hydrogen) atoms. The van der Waals surface area contributed by atoms with Gasteiger partial charge >= 0.3 is 11.9 Å². The fourth-order valence-electron chi connectivity index (χ4n) is 2.34. The first-order valence-corrected chi connectivity index (χ1v) is 8.33. The highest BCUT2D eigenvalue weighted by Crippen LogP contribution is 2.19. The molecule has 0 aromatic heterocycles. The fourth-order valence-corrected chi connectivity index (χ4v) is 2.52. The van der Waals surface area contributed by atoms with Gasteiger partial charge < -0.3 is 9.47 Å². The number of hydrogen-bond donors (Lipinski definition) is 0. The summed E-state index contributed by atoms with van der Waals surface area (Å²) in [5, 5.41) is 0.507. The molecule has 0 heterocycles. The van der Waals surface area contributed by atoms with Gasteiger partial charge in [-0.15, -0.1) is 0 Å². The second kappa shape index (κ2) is 9.56. The molecule has 0 radical (unpaired) electrons. The lowest BCUT2D eigenvalue weighted by Gasteiger charge is -2.24. The normalized spacial score (nSPS) is 11.1. The SMILES string of the molecule is CC(C)C(OC(=O)CCCC(=O)Oc1cccc(Cl)c1)C(C)C. The van der Waals surface area contributed by atoms with E-state index in [-0.39, 0.29) is 42.7 Å². The molecule has 0 aliphatic carbocycles. The van der Waals surface area contributed by atoms with E-state index in [1.54, 1.807) is 24.3 Å². The van der Waals surface area contributed by atoms with E-state index in [9.17, 15) is 9.59 Å². The molecular formula is C18H25ClO4. The monoisotopic (exact) mass is 340 g/mol. The van der Waals surface area contributed by atoms with Crippen LogP contribution in [0.15, 0.2) is 24.3 Å². The molecule has 0 amide bonds. The van der Waals surface area contributed by atoms with Crippen LogP contribution in [0.5, 0.6) is 5.75 Å². The molecule has 0 N–H and O–H groups in total. The van der Waals surface area contributed by atoms with Crippen molar-refractivity contribution >= 4 is 23.5 Å². The largest absolute Gasteiger partial charge is 0.462 e. The quantitative estimate of drug-likeness (QED) is 0.511. The molecular weight excluding hydrogens is 316 g/mol. The minimum atomic E-state index is -0.385. The van der Waals surface area contributed by atoms with Crippen LogP contribution in [0.1, 0.15) is 47.0 Å². The van der Waals surface area contributed by atoms with Crippen LogP contribution in [-0.2, 0) is 14.3 Å². The molecule has 4 nitrogen and oxygen atoms in total. The van der Waals surface area contributed by atoms with Crippen LogP contribution < -0.4 is 4.74 Å². The summed E-state index contributed by atoms with van der Waals surface area (Å²) in [7, 11) is 0. The molecule has 0 atom stereocenters. The van der Waals surface area contributed by atoms with Crippen LogP contribution in [-0.4, -0.2) is 18.0 Å². The first-order valence-electron chi connectivity index (χ1n) is 7.95. The Hall–Kier alpha value is -1.55. The van der Waals surface area contributed by atoms with Gasteiger partial charge in [0.25, 0.3) is 0 Å². The van der Waals surface area contributed by atoms with E-state index in [2.05, 4.69) is 0 Å². The Balaban J connectivity index is 2.33. The fraction of sp³-hybridized carbons (Fsp3) is 0.556. The van der Waals surface area contributed by atoms with E-state index < -0.39 is 0 Å². The second-order valence-corrected chi connectivity index (χ2v) is 6.66. The molecule has 5 heteroatoms. The molecule has 0 aliphatic heterocycles. The number of carbonyl (C=O) groups is 2. The van der Waals surface area contributed by atoms with Gasteiger partial charge in [-0.1, -0.05) is 45.4 Å². The Morgan fingerprint density at radius 3 is 2.22 bits per heavy atom. The predicted molar refractivity (Wildman–Crippen MR) is 90.5 cm³/mol. The minimum absolute atomic E-state index is 0.0964. The van der Waals surface area contributed by atoms with Crippen molar-refractivity contribution in [3.05, 3.63) is 29.3 Å². The third-order valence-electron chi connectivity index (χ3n) is 3.37. The van der Waals surface area contributed by atoms with Crippen molar-refractivity contribution in [3.8, 4) is 5.75 Å². The van der Waals surface area contributed by atoms with Gasteiger partial charge in [0, 0.05) is 17.9 Å². The number of rotatable bonds is 8. The Morgan fingerprint density at radius 1 is 1.04 bits per heavy atom. The molecule has 1 aromatic rings. The van der Waals surface area contributed by atoms with Gasteiger partial charge in [-0.3, -0.25) is 9.59 Å². The Kier molecular flexibility index (Phi) is 8.10. The van der Waals surface area contributed by atoms with Crippen molar-refractivity contribution in [2.45, 2.75) is 53.1 Å². The summed E-state index contributed by atoms with van der Waals surface area (Å²) in [6.07, 6.45) is 0.679. The van der Waals surface area contributed by atoms with Crippen molar-refractivity contribution in [2.24, 2.45) is 11.8 Å². The van der Waals surface area contributed by atoms with Crippen LogP contribution in [0.4, 0.5) is 0 Å². The zero-order chi connectivity index (χ0) is 17.4. The second-order valence-electron chi connectivity index (χ2n) is 6.23. The molecule has 0 fully saturated rings. The molecule has 0 saturated carbocycles. The Bertz CT molecular complexity index is 518. The van der Waals surface area contributed by atoms with Crippen LogP contribution in [0.2, 0.25) is 5.02 Å². The maximum Gasteiger partial charge on any atom is 0.311 e. The van der Waals surface area contributed by atoms with Crippen molar-refractivity contribution < 1.29 is 19.1 Å². The highest BCUT2D eigenvalue weighted by molar-refractivity contribution is 6.30. The van der Waals surface area contributed by atoms with Gasteiger partial charge in [0.1, 0.15) is 11.9 Å². The number of hydrogen-bond acceptors (Lipinski definition) is 4. The number of ether oxygens (including phenoxy) is 2. The standard InChI is InChI=1S/C18H25ClO4/c1-12(2)18(13(3)4)23-17(21)10-6-9-16(20)22-15-8-5-7-14(19)11-15/h5,7-8,11-13,18H,6,9-10H2,1-4H3. The highest BCUT2D eigenvalue weighted by atomic mass is 35.5. The summed E-state index contributed by atoms with van der Waals surface area (Å²) >= 11 is 5.82. The molecule has 0 bridgehead atoms. The summed E-state index contributed by atoms with van der Waals surface area (Å²) in [5.41, 5.74) is 0. The van der Waals surface area contributed by atoms with Crippen LogP contribution in [0.25, 0.3) is 0 Å². The third kappa shape index (κ3) is 7.51. The first kappa shape index (κ1) is 19.5. The molecule has 128 valence electrons. The molecule has 0 aliphatic rings. The van der Waals surface area contributed by atoms with Gasteiger partial charge in [-0.05, 0) is 36.5 Å². The van der Waals surface area contributed by atoms with Crippen LogP contribution in [0, 0.1) is 11.8 Å². The average molecular weight is 341 g/mol. The number of halogens is 1. The van der Waals surface area contributed by atoms with Gasteiger partial charge in [0.2, 0.25) is 0 Å². The Labute approximate surface area is 143 Å². The molecule has 0 saturated heterocycles. The summed E-state index contributed by atoms with van der Waals surface area (Å²) in [5.74, 6) is 0.292. The zero-order valence-corrected chi connectivity index (χ0v) is 14.9. The topological polar surface area (TPSA) is 52.6 Å². The lowest BCUT2D eigenvalue weighted by Crippen LogP contribution is -2.28.